The largest absolute Gasteiger partial charge is 0.317 e. The molecule has 1 saturated heterocycles. The molecule has 1 aromatic carbocycles. The monoisotopic (exact) mass is 344 g/mol. The molecule has 2 nitrogen and oxygen atoms in total. The van der Waals surface area contributed by atoms with Crippen LogP contribution >= 0.6 is 22.6 Å². The van der Waals surface area contributed by atoms with Gasteiger partial charge in [-0.15, -0.1) is 0 Å². The first kappa shape index (κ1) is 13.3. The number of nitrogens with zero attached hydrogens (tertiary/aromatic N) is 1. The summed E-state index contributed by atoms with van der Waals surface area (Å²) >= 11 is 2.36. The molecule has 17 heavy (non-hydrogen) atoms. The van der Waals surface area contributed by atoms with Crippen LogP contribution in [0, 0.1) is 3.57 Å². The van der Waals surface area contributed by atoms with Crippen LogP contribution < -0.4 is 5.32 Å². The van der Waals surface area contributed by atoms with Gasteiger partial charge in [0.05, 0.1) is 0 Å². The molecule has 0 aromatic heterocycles. The van der Waals surface area contributed by atoms with Gasteiger partial charge < -0.3 is 5.32 Å². The molecule has 1 heterocycles. The van der Waals surface area contributed by atoms with Gasteiger partial charge in [0.1, 0.15) is 0 Å². The van der Waals surface area contributed by atoms with Crippen LogP contribution in [0.5, 0.6) is 0 Å². The van der Waals surface area contributed by atoms with Crippen LogP contribution in [0.4, 0.5) is 0 Å². The van der Waals surface area contributed by atoms with Gasteiger partial charge in [0.25, 0.3) is 0 Å². The van der Waals surface area contributed by atoms with E-state index in [1.807, 2.05) is 0 Å². The average Bonchev–Trinajstić information content (AvgIpc) is 2.61. The highest BCUT2D eigenvalue weighted by atomic mass is 127. The van der Waals surface area contributed by atoms with Crippen LogP contribution in [-0.4, -0.2) is 31.1 Å². The lowest BCUT2D eigenvalue weighted by Crippen LogP contribution is -2.31. The molecule has 3 heteroatoms. The minimum atomic E-state index is 0.740. The van der Waals surface area contributed by atoms with Crippen molar-refractivity contribution in [1.82, 2.24) is 10.2 Å². The summed E-state index contributed by atoms with van der Waals surface area (Å²) in [7, 11) is 2.26. The third-order valence-electron chi connectivity index (χ3n) is 3.51. The molecule has 1 unspecified atom stereocenters. The summed E-state index contributed by atoms with van der Waals surface area (Å²) in [6.45, 7) is 3.43. The van der Waals surface area contributed by atoms with Gasteiger partial charge in [0, 0.05) is 16.2 Å². The van der Waals surface area contributed by atoms with Crippen molar-refractivity contribution in [2.24, 2.45) is 0 Å². The quantitative estimate of drug-likeness (QED) is 0.849. The number of benzene rings is 1. The molecular weight excluding hydrogens is 323 g/mol. The van der Waals surface area contributed by atoms with Gasteiger partial charge in [0.15, 0.2) is 0 Å². The van der Waals surface area contributed by atoms with E-state index in [0.717, 1.165) is 12.6 Å². The van der Waals surface area contributed by atoms with Crippen molar-refractivity contribution >= 4 is 22.6 Å². The van der Waals surface area contributed by atoms with Crippen molar-refractivity contribution in [2.45, 2.75) is 31.8 Å². The van der Waals surface area contributed by atoms with Crippen molar-refractivity contribution in [3.63, 3.8) is 0 Å². The summed E-state index contributed by atoms with van der Waals surface area (Å²) in [6.07, 6.45) is 3.91. The predicted molar refractivity (Wildman–Crippen MR) is 81.1 cm³/mol. The van der Waals surface area contributed by atoms with Crippen LogP contribution in [-0.2, 0) is 6.54 Å². The van der Waals surface area contributed by atoms with Crippen molar-refractivity contribution in [2.75, 3.05) is 20.1 Å². The normalized spacial score (nSPS) is 21.5. The second-order valence-electron chi connectivity index (χ2n) is 4.88. The Hall–Kier alpha value is -0.130. The van der Waals surface area contributed by atoms with Gasteiger partial charge in [-0.25, -0.2) is 0 Å². The van der Waals surface area contributed by atoms with E-state index in [2.05, 4.69) is 64.1 Å². The smallest absolute Gasteiger partial charge is 0.0233 e. The van der Waals surface area contributed by atoms with Gasteiger partial charge >= 0.3 is 0 Å². The average molecular weight is 344 g/mol. The zero-order valence-electron chi connectivity index (χ0n) is 10.5. The Morgan fingerprint density at radius 2 is 2.00 bits per heavy atom. The zero-order chi connectivity index (χ0) is 12.1. The SMILES string of the molecule is CN(Cc1ccc(I)cc1)C1CCCNCC1. The van der Waals surface area contributed by atoms with E-state index in [0.29, 0.717) is 0 Å². The molecule has 1 aromatic rings. The summed E-state index contributed by atoms with van der Waals surface area (Å²) in [4.78, 5) is 2.51. The summed E-state index contributed by atoms with van der Waals surface area (Å²) < 4.78 is 1.31. The first-order chi connectivity index (χ1) is 8.25. The van der Waals surface area contributed by atoms with Crippen LogP contribution in [0.1, 0.15) is 24.8 Å². The molecule has 0 bridgehead atoms. The third-order valence-corrected chi connectivity index (χ3v) is 4.23. The molecule has 1 fully saturated rings. The van der Waals surface area contributed by atoms with Crippen LogP contribution in [0.25, 0.3) is 0 Å². The maximum atomic E-state index is 3.48. The Balaban J connectivity index is 1.90. The van der Waals surface area contributed by atoms with E-state index in [4.69, 9.17) is 0 Å². The van der Waals surface area contributed by atoms with E-state index >= 15 is 0 Å². The van der Waals surface area contributed by atoms with E-state index in [-0.39, 0.29) is 0 Å². The fraction of sp³-hybridized carbons (Fsp3) is 0.571. The standard InChI is InChI=1S/C14H21IN2/c1-17(14-3-2-9-16-10-8-14)11-12-4-6-13(15)7-5-12/h4-7,14,16H,2-3,8-11H2,1H3. The highest BCUT2D eigenvalue weighted by Gasteiger charge is 2.16. The van der Waals surface area contributed by atoms with E-state index < -0.39 is 0 Å². The fourth-order valence-corrected chi connectivity index (χ4v) is 2.81. The molecule has 2 rings (SSSR count). The number of rotatable bonds is 3. The van der Waals surface area contributed by atoms with Crippen LogP contribution in [0.15, 0.2) is 24.3 Å². The molecule has 94 valence electrons. The Morgan fingerprint density at radius 1 is 1.24 bits per heavy atom. The topological polar surface area (TPSA) is 15.3 Å². The van der Waals surface area contributed by atoms with Gasteiger partial charge in [-0.2, -0.15) is 0 Å². The maximum Gasteiger partial charge on any atom is 0.0233 e. The van der Waals surface area contributed by atoms with Crippen molar-refractivity contribution in [1.29, 1.82) is 0 Å². The number of halogens is 1. The highest BCUT2D eigenvalue weighted by Crippen LogP contribution is 2.15. The molecule has 0 aliphatic carbocycles. The van der Waals surface area contributed by atoms with Crippen molar-refractivity contribution in [3.05, 3.63) is 33.4 Å². The summed E-state index contributed by atoms with van der Waals surface area (Å²) in [5.41, 5.74) is 1.42. The molecule has 1 aliphatic heterocycles. The van der Waals surface area contributed by atoms with Crippen molar-refractivity contribution in [3.8, 4) is 0 Å². The maximum absolute atomic E-state index is 3.48. The molecule has 0 spiro atoms. The summed E-state index contributed by atoms with van der Waals surface area (Å²) in [5.74, 6) is 0. The molecular formula is C14H21IN2. The molecule has 1 atom stereocenters. The molecule has 1 aliphatic rings. The number of nitrogens with one attached hydrogen (secondary N) is 1. The Kier molecular flexibility index (Phi) is 5.25. The molecule has 0 radical (unpaired) electrons. The van der Waals surface area contributed by atoms with Crippen LogP contribution in [0.3, 0.4) is 0 Å². The fourth-order valence-electron chi connectivity index (χ4n) is 2.45. The van der Waals surface area contributed by atoms with Gasteiger partial charge in [-0.3, -0.25) is 4.90 Å². The van der Waals surface area contributed by atoms with E-state index in [1.165, 1.54) is 41.5 Å². The lowest BCUT2D eigenvalue weighted by atomic mass is 10.1. The van der Waals surface area contributed by atoms with E-state index in [1.54, 1.807) is 0 Å². The molecule has 0 amide bonds. The highest BCUT2D eigenvalue weighted by molar-refractivity contribution is 14.1. The van der Waals surface area contributed by atoms with Gasteiger partial charge in [-0.05, 0) is 79.7 Å². The zero-order valence-corrected chi connectivity index (χ0v) is 12.6. The van der Waals surface area contributed by atoms with Crippen molar-refractivity contribution < 1.29 is 0 Å². The number of hydrogen-bond donors (Lipinski definition) is 1. The second-order valence-corrected chi connectivity index (χ2v) is 6.12. The van der Waals surface area contributed by atoms with E-state index in [9.17, 15) is 0 Å². The summed E-state index contributed by atoms with van der Waals surface area (Å²) in [5, 5.41) is 3.48. The second kappa shape index (κ2) is 6.71. The minimum Gasteiger partial charge on any atom is -0.317 e. The van der Waals surface area contributed by atoms with Gasteiger partial charge in [0.2, 0.25) is 0 Å². The van der Waals surface area contributed by atoms with Crippen LogP contribution in [0.2, 0.25) is 0 Å². The first-order valence-electron chi connectivity index (χ1n) is 6.41. The lowest BCUT2D eigenvalue weighted by Gasteiger charge is -2.26. The minimum absolute atomic E-state index is 0.740. The third kappa shape index (κ3) is 4.23. The first-order valence-corrected chi connectivity index (χ1v) is 7.49. The number of hydrogen-bond acceptors (Lipinski definition) is 2. The molecule has 0 saturated carbocycles. The Bertz CT molecular complexity index is 329. The predicted octanol–water partition coefficient (Wildman–Crippen LogP) is 2.87. The Labute approximate surface area is 118 Å². The molecule has 1 N–H and O–H groups in total. The lowest BCUT2D eigenvalue weighted by molar-refractivity contribution is 0.216. The Morgan fingerprint density at radius 3 is 2.76 bits per heavy atom. The summed E-state index contributed by atoms with van der Waals surface area (Å²) in [6, 6.07) is 9.61. The van der Waals surface area contributed by atoms with Gasteiger partial charge in [-0.1, -0.05) is 12.1 Å².